The number of hydrogen-bond donors (Lipinski definition) is 1. The van der Waals surface area contributed by atoms with Crippen LogP contribution >= 0.6 is 12.2 Å². The monoisotopic (exact) mass is 488 g/mol. The van der Waals surface area contributed by atoms with E-state index in [-0.39, 0.29) is 10.5 Å². The Bertz CT molecular complexity index is 1360. The van der Waals surface area contributed by atoms with Crippen LogP contribution in [0.15, 0.2) is 71.8 Å². The number of ether oxygens (including phenoxy) is 2. The van der Waals surface area contributed by atoms with Crippen LogP contribution in [-0.4, -0.2) is 39.2 Å². The molecular formula is C23H19F3N4O3S. The number of rotatable bonds is 7. The molecule has 0 radical (unpaired) electrons. The predicted octanol–water partition coefficient (Wildman–Crippen LogP) is 4.76. The van der Waals surface area contributed by atoms with Gasteiger partial charge in [0.1, 0.15) is 11.5 Å². The highest BCUT2D eigenvalue weighted by atomic mass is 32.1. The minimum absolute atomic E-state index is 0.0323. The number of halogens is 3. The van der Waals surface area contributed by atoms with Crippen LogP contribution in [0.2, 0.25) is 0 Å². The lowest BCUT2D eigenvalue weighted by molar-refractivity contribution is -0.153. The number of aromatic nitrogens is 4. The quantitative estimate of drug-likeness (QED) is 0.380. The molecule has 0 spiro atoms. The molecule has 0 saturated carbocycles. The zero-order chi connectivity index (χ0) is 24.3. The third-order valence-corrected chi connectivity index (χ3v) is 5.16. The van der Waals surface area contributed by atoms with Crippen molar-refractivity contribution in [1.29, 1.82) is 0 Å². The summed E-state index contributed by atoms with van der Waals surface area (Å²) in [7, 11) is 1.61. The summed E-state index contributed by atoms with van der Waals surface area (Å²) in [6.45, 7) is -0.863. The van der Waals surface area contributed by atoms with E-state index in [1.807, 2.05) is 24.3 Å². The molecule has 0 aliphatic rings. The first kappa shape index (κ1) is 23.3. The third kappa shape index (κ3) is 5.54. The number of hydrogen-bond acceptors (Lipinski definition) is 5. The molecule has 2 aromatic carbocycles. The van der Waals surface area contributed by atoms with Crippen molar-refractivity contribution in [2.24, 2.45) is 0 Å². The maximum atomic E-state index is 12.8. The predicted molar refractivity (Wildman–Crippen MR) is 122 cm³/mol. The van der Waals surface area contributed by atoms with Crippen molar-refractivity contribution in [3.05, 3.63) is 87.7 Å². The van der Waals surface area contributed by atoms with Crippen LogP contribution in [0, 0.1) is 4.77 Å². The summed E-state index contributed by atoms with van der Waals surface area (Å²) in [5.74, 6) is 0.798. The second kappa shape index (κ2) is 9.56. The maximum absolute atomic E-state index is 12.8. The van der Waals surface area contributed by atoms with Gasteiger partial charge in [0.05, 0.1) is 31.2 Å². The Hall–Kier alpha value is -3.86. The van der Waals surface area contributed by atoms with E-state index in [4.69, 9.17) is 21.7 Å². The molecule has 4 rings (SSSR count). The number of H-pyrrole nitrogens is 1. The number of nitrogens with one attached hydrogen (secondary N) is 1. The lowest BCUT2D eigenvalue weighted by atomic mass is 10.2. The summed E-state index contributed by atoms with van der Waals surface area (Å²) < 4.78 is 49.9. The molecule has 0 aliphatic carbocycles. The van der Waals surface area contributed by atoms with E-state index in [1.54, 1.807) is 24.2 Å². The van der Waals surface area contributed by atoms with Crippen molar-refractivity contribution in [3.63, 3.8) is 0 Å². The van der Waals surface area contributed by atoms with Crippen LogP contribution in [0.5, 0.6) is 11.5 Å². The largest absolute Gasteiger partial charge is 0.497 e. The van der Waals surface area contributed by atoms with Crippen LogP contribution in [0.4, 0.5) is 13.2 Å². The molecule has 0 atom stereocenters. The number of aromatic amines is 1. The fourth-order valence-electron chi connectivity index (χ4n) is 3.26. The Morgan fingerprint density at radius 1 is 1.06 bits per heavy atom. The van der Waals surface area contributed by atoms with Gasteiger partial charge >= 0.3 is 6.18 Å². The standard InChI is InChI=1S/C23H19F3N4O3S/c1-32-18-6-2-15(3-7-18)12-29-13-16(11-27-29)20-10-21(31)30(22(34)28-20)17-4-8-19(9-5-17)33-14-23(24,25)26/h2-11,13H,12,14H2,1H3,(H,28,34). The minimum Gasteiger partial charge on any atom is -0.497 e. The van der Waals surface area contributed by atoms with Crippen LogP contribution in [0.3, 0.4) is 0 Å². The first-order valence-electron chi connectivity index (χ1n) is 10.0. The van der Waals surface area contributed by atoms with E-state index in [1.165, 1.54) is 34.9 Å². The Labute approximate surface area is 197 Å². The van der Waals surface area contributed by atoms with Crippen molar-refractivity contribution in [1.82, 2.24) is 19.3 Å². The van der Waals surface area contributed by atoms with Crippen molar-refractivity contribution in [2.45, 2.75) is 12.7 Å². The molecule has 2 aromatic heterocycles. The highest BCUT2D eigenvalue weighted by molar-refractivity contribution is 7.71. The van der Waals surface area contributed by atoms with E-state index in [9.17, 15) is 18.0 Å². The average molecular weight is 488 g/mol. The lowest BCUT2D eigenvalue weighted by Crippen LogP contribution is -2.20. The van der Waals surface area contributed by atoms with Crippen LogP contribution in [0.1, 0.15) is 5.56 Å². The highest BCUT2D eigenvalue weighted by Gasteiger charge is 2.28. The molecule has 0 saturated heterocycles. The van der Waals surface area contributed by atoms with Crippen LogP contribution in [-0.2, 0) is 6.54 Å². The van der Waals surface area contributed by atoms with Crippen molar-refractivity contribution in [2.75, 3.05) is 13.7 Å². The van der Waals surface area contributed by atoms with Crippen molar-refractivity contribution in [3.8, 4) is 28.4 Å². The molecule has 0 aliphatic heterocycles. The molecule has 0 bridgehead atoms. The summed E-state index contributed by atoms with van der Waals surface area (Å²) in [6.07, 6.45) is -1.02. The van der Waals surface area contributed by atoms with Gasteiger partial charge < -0.3 is 14.5 Å². The second-order valence-corrected chi connectivity index (χ2v) is 7.72. The lowest BCUT2D eigenvalue weighted by Gasteiger charge is -2.11. The topological polar surface area (TPSA) is 74.1 Å². The van der Waals surface area contributed by atoms with Crippen LogP contribution < -0.4 is 15.0 Å². The normalized spacial score (nSPS) is 11.4. The van der Waals surface area contributed by atoms with E-state index >= 15 is 0 Å². The summed E-state index contributed by atoms with van der Waals surface area (Å²) in [6, 6.07) is 14.6. The molecule has 0 amide bonds. The van der Waals surface area contributed by atoms with Gasteiger partial charge in [0, 0.05) is 17.8 Å². The number of benzene rings is 2. The molecule has 176 valence electrons. The molecule has 0 unspecified atom stereocenters. The minimum atomic E-state index is -4.43. The van der Waals surface area contributed by atoms with Crippen molar-refractivity contribution < 1.29 is 22.6 Å². The van der Waals surface area contributed by atoms with E-state index in [0.717, 1.165) is 11.3 Å². The van der Waals surface area contributed by atoms with Gasteiger partial charge in [-0.25, -0.2) is 0 Å². The fraction of sp³-hybridized carbons (Fsp3) is 0.174. The zero-order valence-electron chi connectivity index (χ0n) is 17.9. The maximum Gasteiger partial charge on any atom is 0.422 e. The molecule has 2 heterocycles. The van der Waals surface area contributed by atoms with E-state index in [2.05, 4.69) is 10.1 Å². The van der Waals surface area contributed by atoms with Crippen LogP contribution in [0.25, 0.3) is 16.9 Å². The summed E-state index contributed by atoms with van der Waals surface area (Å²) in [4.78, 5) is 15.8. The SMILES string of the molecule is COc1ccc(Cn2cc(-c3cc(=O)n(-c4ccc(OCC(F)(F)F)cc4)c(=S)[nH]3)cn2)cc1. The molecule has 7 nitrogen and oxygen atoms in total. The van der Waals surface area contributed by atoms with Gasteiger partial charge in [-0.1, -0.05) is 12.1 Å². The molecular weight excluding hydrogens is 469 g/mol. The number of methoxy groups -OCH3 is 1. The van der Waals surface area contributed by atoms with Gasteiger partial charge in [-0.2, -0.15) is 18.3 Å². The Morgan fingerprint density at radius 2 is 1.74 bits per heavy atom. The Kier molecular flexibility index (Phi) is 6.55. The van der Waals surface area contributed by atoms with E-state index in [0.29, 0.717) is 23.5 Å². The molecule has 34 heavy (non-hydrogen) atoms. The third-order valence-electron chi connectivity index (χ3n) is 4.88. The highest BCUT2D eigenvalue weighted by Crippen LogP contribution is 2.21. The van der Waals surface area contributed by atoms with Gasteiger partial charge in [0.2, 0.25) is 0 Å². The van der Waals surface area contributed by atoms with Crippen molar-refractivity contribution >= 4 is 12.2 Å². The summed E-state index contributed by atoms with van der Waals surface area (Å²) in [5.41, 5.74) is 2.21. The van der Waals surface area contributed by atoms with Gasteiger partial charge in [-0.15, -0.1) is 0 Å². The molecule has 11 heteroatoms. The smallest absolute Gasteiger partial charge is 0.422 e. The first-order valence-corrected chi connectivity index (χ1v) is 10.4. The zero-order valence-corrected chi connectivity index (χ0v) is 18.7. The Balaban J connectivity index is 1.53. The number of alkyl halides is 3. The molecule has 1 N–H and O–H groups in total. The summed E-state index contributed by atoms with van der Waals surface area (Å²) >= 11 is 5.37. The van der Waals surface area contributed by atoms with Gasteiger partial charge in [0.15, 0.2) is 11.4 Å². The first-order chi connectivity index (χ1) is 16.2. The Morgan fingerprint density at radius 3 is 2.35 bits per heavy atom. The second-order valence-electron chi connectivity index (χ2n) is 7.33. The number of nitrogens with zero attached hydrogens (tertiary/aromatic N) is 3. The fourth-order valence-corrected chi connectivity index (χ4v) is 3.56. The van der Waals surface area contributed by atoms with Gasteiger partial charge in [0.25, 0.3) is 5.56 Å². The van der Waals surface area contributed by atoms with Gasteiger partial charge in [-0.05, 0) is 54.2 Å². The summed E-state index contributed by atoms with van der Waals surface area (Å²) in [5, 5.41) is 4.34. The van der Waals surface area contributed by atoms with E-state index < -0.39 is 18.3 Å². The van der Waals surface area contributed by atoms with Gasteiger partial charge in [-0.3, -0.25) is 14.0 Å². The molecule has 0 fully saturated rings. The average Bonchev–Trinajstić information content (AvgIpc) is 3.26. The molecule has 4 aromatic rings.